The lowest BCUT2D eigenvalue weighted by molar-refractivity contribution is -0.136. The molecule has 0 saturated carbocycles. The first-order chi connectivity index (χ1) is 8.08. The molecule has 0 fully saturated rings. The van der Waals surface area contributed by atoms with Crippen molar-refractivity contribution < 1.29 is 14.7 Å². The van der Waals surface area contributed by atoms with Crippen LogP contribution in [0.5, 0.6) is 0 Å². The summed E-state index contributed by atoms with van der Waals surface area (Å²) in [6.07, 6.45) is 0.597. The number of carbonyl (C=O) groups is 2. The summed E-state index contributed by atoms with van der Waals surface area (Å²) in [6, 6.07) is 5.83. The van der Waals surface area contributed by atoms with E-state index in [-0.39, 0.29) is 12.3 Å². The molecule has 0 spiro atoms. The minimum atomic E-state index is -0.784. The molecular weight excluding hydrogens is 238 g/mol. The largest absolute Gasteiger partial charge is 0.481 e. The molecule has 1 heterocycles. The summed E-state index contributed by atoms with van der Waals surface area (Å²) in [5, 5.41) is 8.55. The van der Waals surface area contributed by atoms with Gasteiger partial charge in [-0.15, -0.1) is 11.8 Å². The molecule has 1 aliphatic rings. The van der Waals surface area contributed by atoms with Gasteiger partial charge in [0.15, 0.2) is 0 Å². The second kappa shape index (κ2) is 4.79. The molecule has 1 amide bonds. The number of aliphatic carboxylic acids is 1. The van der Waals surface area contributed by atoms with Crippen LogP contribution in [-0.2, 0) is 16.0 Å². The predicted molar refractivity (Wildman–Crippen MR) is 66.5 cm³/mol. The number of thioether (sulfide) groups is 1. The molecule has 0 atom stereocenters. The maximum absolute atomic E-state index is 11.5. The number of carboxylic acid groups (broad SMARTS) is 1. The minimum absolute atomic E-state index is 0.104. The average molecular weight is 251 g/mol. The lowest BCUT2D eigenvalue weighted by atomic mass is 10.2. The monoisotopic (exact) mass is 251 g/mol. The molecule has 17 heavy (non-hydrogen) atoms. The van der Waals surface area contributed by atoms with Crippen LogP contribution >= 0.6 is 11.8 Å². The van der Waals surface area contributed by atoms with Gasteiger partial charge in [0.05, 0.1) is 12.8 Å². The van der Waals surface area contributed by atoms with Crippen LogP contribution in [0.1, 0.15) is 12.0 Å². The number of fused-ring (bicyclic) bond motifs is 1. The summed E-state index contributed by atoms with van der Waals surface area (Å²) < 4.78 is 0. The molecule has 0 aliphatic carbocycles. The predicted octanol–water partition coefficient (Wildman–Crippen LogP) is 1.77. The topological polar surface area (TPSA) is 57.6 Å². The molecule has 0 radical (unpaired) electrons. The van der Waals surface area contributed by atoms with Crippen molar-refractivity contribution in [2.75, 3.05) is 17.7 Å². The van der Waals surface area contributed by atoms with Crippen molar-refractivity contribution in [3.63, 3.8) is 0 Å². The van der Waals surface area contributed by atoms with Crippen LogP contribution in [0.2, 0.25) is 0 Å². The fraction of sp³-hybridized carbons (Fsp3) is 0.333. The highest BCUT2D eigenvalue weighted by Crippen LogP contribution is 2.31. The number of benzene rings is 1. The van der Waals surface area contributed by atoms with E-state index in [1.165, 1.54) is 11.8 Å². The summed E-state index contributed by atoms with van der Waals surface area (Å²) in [4.78, 5) is 24.6. The van der Waals surface area contributed by atoms with E-state index in [0.717, 1.165) is 16.1 Å². The molecule has 4 nitrogen and oxygen atoms in total. The first-order valence-electron chi connectivity index (χ1n) is 5.32. The van der Waals surface area contributed by atoms with Crippen molar-refractivity contribution in [2.24, 2.45) is 0 Å². The summed E-state index contributed by atoms with van der Waals surface area (Å²) in [5.41, 5.74) is 1.98. The van der Waals surface area contributed by atoms with Crippen molar-refractivity contribution in [1.82, 2.24) is 0 Å². The van der Waals surface area contributed by atoms with Gasteiger partial charge in [0.1, 0.15) is 0 Å². The first kappa shape index (κ1) is 12.0. The Kier molecular flexibility index (Phi) is 3.38. The van der Waals surface area contributed by atoms with Crippen LogP contribution in [-0.4, -0.2) is 29.8 Å². The number of carbonyl (C=O) groups excluding carboxylic acids is 1. The maximum Gasteiger partial charge on any atom is 0.304 e. The Hall–Kier alpha value is -1.49. The minimum Gasteiger partial charge on any atom is -0.481 e. The van der Waals surface area contributed by atoms with Gasteiger partial charge in [0, 0.05) is 23.4 Å². The number of likely N-dealkylation sites (N-methyl/N-ethyl adjacent to an activating group) is 1. The third-order valence-electron chi connectivity index (χ3n) is 2.71. The highest BCUT2D eigenvalue weighted by molar-refractivity contribution is 7.99. The van der Waals surface area contributed by atoms with Crippen molar-refractivity contribution >= 4 is 29.3 Å². The van der Waals surface area contributed by atoms with Gasteiger partial charge in [0.25, 0.3) is 0 Å². The van der Waals surface area contributed by atoms with Gasteiger partial charge in [-0.05, 0) is 23.8 Å². The van der Waals surface area contributed by atoms with Crippen LogP contribution < -0.4 is 4.90 Å². The zero-order valence-electron chi connectivity index (χ0n) is 9.47. The van der Waals surface area contributed by atoms with Crippen LogP contribution in [0.15, 0.2) is 23.1 Å². The van der Waals surface area contributed by atoms with Gasteiger partial charge in [0.2, 0.25) is 5.91 Å². The summed E-state index contributed by atoms with van der Waals surface area (Å²) in [5.74, 6) is -0.126. The molecule has 1 aromatic rings. The molecule has 1 aliphatic heterocycles. The molecule has 0 bridgehead atoms. The first-order valence-corrected chi connectivity index (χ1v) is 6.30. The number of carboxylic acids is 1. The smallest absolute Gasteiger partial charge is 0.304 e. The molecule has 5 heteroatoms. The highest BCUT2D eigenvalue weighted by Gasteiger charge is 2.23. The third-order valence-corrected chi connectivity index (χ3v) is 3.71. The second-order valence-corrected chi connectivity index (χ2v) is 5.08. The van der Waals surface area contributed by atoms with Gasteiger partial charge in [-0.25, -0.2) is 0 Å². The standard InChI is InChI=1S/C12H13NO3S/c1-13-10-3-2-9(17-5-4-12(15)16)6-8(10)7-11(13)14/h2-3,6H,4-5,7H2,1H3,(H,15,16). The van der Waals surface area contributed by atoms with Crippen LogP contribution in [0.3, 0.4) is 0 Å². The van der Waals surface area contributed by atoms with E-state index in [1.54, 1.807) is 11.9 Å². The Balaban J connectivity index is 2.05. The molecule has 90 valence electrons. The Labute approximate surface area is 104 Å². The number of rotatable bonds is 4. The Morgan fingerprint density at radius 1 is 1.53 bits per heavy atom. The van der Waals surface area contributed by atoms with E-state index in [1.807, 2.05) is 18.2 Å². The number of hydrogen-bond donors (Lipinski definition) is 1. The van der Waals surface area contributed by atoms with Crippen molar-refractivity contribution in [3.05, 3.63) is 23.8 Å². The van der Waals surface area contributed by atoms with Gasteiger partial charge < -0.3 is 10.0 Å². The van der Waals surface area contributed by atoms with Crippen LogP contribution in [0.4, 0.5) is 5.69 Å². The van der Waals surface area contributed by atoms with E-state index < -0.39 is 5.97 Å². The average Bonchev–Trinajstić information content (AvgIpc) is 2.54. The molecule has 0 saturated heterocycles. The van der Waals surface area contributed by atoms with Crippen molar-refractivity contribution in [1.29, 1.82) is 0 Å². The van der Waals surface area contributed by atoms with E-state index in [9.17, 15) is 9.59 Å². The van der Waals surface area contributed by atoms with Gasteiger partial charge in [-0.3, -0.25) is 9.59 Å². The fourth-order valence-electron chi connectivity index (χ4n) is 1.79. The summed E-state index contributed by atoms with van der Waals surface area (Å²) in [6.45, 7) is 0. The number of hydrogen-bond acceptors (Lipinski definition) is 3. The molecule has 1 N–H and O–H groups in total. The van der Waals surface area contributed by atoms with E-state index in [0.29, 0.717) is 12.2 Å². The van der Waals surface area contributed by atoms with Gasteiger partial charge in [-0.1, -0.05) is 0 Å². The van der Waals surface area contributed by atoms with Crippen molar-refractivity contribution in [2.45, 2.75) is 17.7 Å². The number of nitrogens with zero attached hydrogens (tertiary/aromatic N) is 1. The zero-order valence-corrected chi connectivity index (χ0v) is 10.3. The molecular formula is C12H13NO3S. The van der Waals surface area contributed by atoms with E-state index in [2.05, 4.69) is 0 Å². The van der Waals surface area contributed by atoms with E-state index in [4.69, 9.17) is 5.11 Å². The molecule has 0 unspecified atom stereocenters. The Morgan fingerprint density at radius 2 is 2.29 bits per heavy atom. The maximum atomic E-state index is 11.5. The second-order valence-electron chi connectivity index (χ2n) is 3.91. The fourth-order valence-corrected chi connectivity index (χ4v) is 2.69. The Bertz CT molecular complexity index is 473. The quantitative estimate of drug-likeness (QED) is 0.829. The summed E-state index contributed by atoms with van der Waals surface area (Å²) >= 11 is 1.51. The molecule has 2 rings (SSSR count). The molecule has 0 aromatic heterocycles. The normalized spacial score (nSPS) is 13.9. The van der Waals surface area contributed by atoms with Crippen LogP contribution in [0, 0.1) is 0 Å². The SMILES string of the molecule is CN1C(=O)Cc2cc(SCCC(=O)O)ccc21. The number of amides is 1. The Morgan fingerprint density at radius 3 is 3.00 bits per heavy atom. The van der Waals surface area contributed by atoms with Crippen molar-refractivity contribution in [3.8, 4) is 0 Å². The third kappa shape index (κ3) is 2.61. The lowest BCUT2D eigenvalue weighted by Crippen LogP contribution is -2.20. The lowest BCUT2D eigenvalue weighted by Gasteiger charge is -2.10. The zero-order chi connectivity index (χ0) is 12.4. The molecule has 1 aromatic carbocycles. The van der Waals surface area contributed by atoms with Gasteiger partial charge >= 0.3 is 5.97 Å². The summed E-state index contributed by atoms with van der Waals surface area (Å²) in [7, 11) is 1.77. The number of anilines is 1. The van der Waals surface area contributed by atoms with Crippen LogP contribution in [0.25, 0.3) is 0 Å². The highest BCUT2D eigenvalue weighted by atomic mass is 32.2. The van der Waals surface area contributed by atoms with E-state index >= 15 is 0 Å². The van der Waals surface area contributed by atoms with Gasteiger partial charge in [-0.2, -0.15) is 0 Å².